The zero-order valence-electron chi connectivity index (χ0n) is 14.7. The molecule has 0 fully saturated rings. The van der Waals surface area contributed by atoms with Gasteiger partial charge < -0.3 is 5.11 Å². The summed E-state index contributed by atoms with van der Waals surface area (Å²) in [4.78, 5) is 25.2. The molecule has 0 aliphatic heterocycles. The van der Waals surface area contributed by atoms with E-state index in [9.17, 15) is 14.7 Å². The Balaban J connectivity index is 2.70. The molecule has 23 heavy (non-hydrogen) atoms. The van der Waals surface area contributed by atoms with E-state index in [-0.39, 0.29) is 29.2 Å². The summed E-state index contributed by atoms with van der Waals surface area (Å²) in [5.41, 5.74) is 3.82. The Morgan fingerprint density at radius 3 is 2.09 bits per heavy atom. The van der Waals surface area contributed by atoms with Crippen LogP contribution in [0.4, 0.5) is 0 Å². The second-order valence-corrected chi connectivity index (χ2v) is 6.83. The fourth-order valence-corrected chi connectivity index (χ4v) is 2.95. The molecule has 0 radical (unpaired) electrons. The van der Waals surface area contributed by atoms with Crippen LogP contribution in [0.1, 0.15) is 57.2 Å². The van der Waals surface area contributed by atoms with E-state index in [1.807, 2.05) is 40.7 Å². The normalized spacial score (nSPS) is 15.7. The van der Waals surface area contributed by atoms with E-state index in [4.69, 9.17) is 0 Å². The largest absolute Gasteiger partial charge is 0.508 e. The molecule has 1 aromatic carbocycles. The van der Waals surface area contributed by atoms with E-state index < -0.39 is 0 Å². The summed E-state index contributed by atoms with van der Waals surface area (Å²) in [6.45, 7) is 11.4. The Hall–Kier alpha value is -2.16. The maximum atomic E-state index is 12.9. The minimum atomic E-state index is -0.109. The van der Waals surface area contributed by atoms with Crippen LogP contribution >= 0.6 is 0 Å². The number of phenols is 1. The molecule has 0 unspecified atom stereocenters. The van der Waals surface area contributed by atoms with E-state index in [1.165, 1.54) is 6.08 Å². The fraction of sp³-hybridized carbons (Fsp3) is 0.400. The summed E-state index contributed by atoms with van der Waals surface area (Å²) in [5.74, 6) is 0.164. The van der Waals surface area contributed by atoms with E-state index in [2.05, 4.69) is 0 Å². The number of carbonyl (C=O) groups is 2. The number of aromatic hydroxyl groups is 1. The summed E-state index contributed by atoms with van der Waals surface area (Å²) in [6, 6.07) is 3.53. The van der Waals surface area contributed by atoms with Crippen molar-refractivity contribution in [3.8, 4) is 5.75 Å². The number of ketones is 2. The predicted molar refractivity (Wildman–Crippen MR) is 92.5 cm³/mol. The SMILES string of the molecule is CC1=C(c2cc(C(C)C)c(O)cc2C)C(=O)C(C(C)C)=CC1=O. The minimum Gasteiger partial charge on any atom is -0.508 e. The van der Waals surface area contributed by atoms with Crippen molar-refractivity contribution in [3.63, 3.8) is 0 Å². The molecule has 2 rings (SSSR count). The maximum Gasteiger partial charge on any atom is 0.190 e. The number of carbonyl (C=O) groups excluding carboxylic acids is 2. The van der Waals surface area contributed by atoms with E-state index in [0.29, 0.717) is 16.7 Å². The van der Waals surface area contributed by atoms with Gasteiger partial charge in [0.2, 0.25) is 0 Å². The Labute approximate surface area is 137 Å². The molecular formula is C20H24O3. The van der Waals surface area contributed by atoms with Crippen molar-refractivity contribution in [1.29, 1.82) is 0 Å². The molecule has 1 aromatic rings. The van der Waals surface area contributed by atoms with Crippen LogP contribution in [0.25, 0.3) is 5.57 Å². The Kier molecular flexibility index (Phi) is 4.60. The number of aryl methyl sites for hydroxylation is 1. The van der Waals surface area contributed by atoms with Crippen molar-refractivity contribution in [2.45, 2.75) is 47.5 Å². The Morgan fingerprint density at radius 1 is 0.957 bits per heavy atom. The third-order valence-corrected chi connectivity index (χ3v) is 4.41. The summed E-state index contributed by atoms with van der Waals surface area (Å²) in [7, 11) is 0. The highest BCUT2D eigenvalue weighted by Gasteiger charge is 2.29. The van der Waals surface area contributed by atoms with Crippen LogP contribution in [0, 0.1) is 12.8 Å². The standard InChI is InChI=1S/C20H24O3/c1-10(2)14-8-16(12(5)7-18(14)22)19-13(6)17(21)9-15(11(3)4)20(19)23/h7-11,22H,1-6H3. The smallest absolute Gasteiger partial charge is 0.190 e. The number of hydrogen-bond acceptors (Lipinski definition) is 3. The third kappa shape index (κ3) is 3.00. The van der Waals surface area contributed by atoms with Crippen LogP contribution in [-0.2, 0) is 9.59 Å². The number of phenolic OH excluding ortho intramolecular Hbond substituents is 1. The van der Waals surface area contributed by atoms with Crippen LogP contribution in [0.5, 0.6) is 5.75 Å². The summed E-state index contributed by atoms with van der Waals surface area (Å²) < 4.78 is 0. The number of allylic oxidation sites excluding steroid dienone is 4. The lowest BCUT2D eigenvalue weighted by molar-refractivity contribution is -0.114. The molecule has 1 N–H and O–H groups in total. The molecule has 0 saturated heterocycles. The average molecular weight is 312 g/mol. The number of rotatable bonds is 3. The Morgan fingerprint density at radius 2 is 1.57 bits per heavy atom. The first-order valence-corrected chi connectivity index (χ1v) is 8.00. The molecule has 1 aliphatic rings. The number of hydrogen-bond donors (Lipinski definition) is 1. The predicted octanol–water partition coefficient (Wildman–Crippen LogP) is 4.33. The molecule has 0 atom stereocenters. The molecule has 0 saturated carbocycles. The fourth-order valence-electron chi connectivity index (χ4n) is 2.95. The second kappa shape index (κ2) is 6.15. The van der Waals surface area contributed by atoms with Crippen LogP contribution in [0.15, 0.2) is 29.4 Å². The van der Waals surface area contributed by atoms with Gasteiger partial charge in [0.05, 0.1) is 0 Å². The molecule has 0 spiro atoms. The van der Waals surface area contributed by atoms with E-state index >= 15 is 0 Å². The van der Waals surface area contributed by atoms with Gasteiger partial charge in [-0.05, 0) is 60.6 Å². The highest BCUT2D eigenvalue weighted by Crippen LogP contribution is 2.36. The lowest BCUT2D eigenvalue weighted by Crippen LogP contribution is -2.21. The molecule has 122 valence electrons. The summed E-state index contributed by atoms with van der Waals surface area (Å²) in [6.07, 6.45) is 1.46. The molecule has 0 heterocycles. The molecular weight excluding hydrogens is 288 g/mol. The van der Waals surface area contributed by atoms with Gasteiger partial charge in [0.25, 0.3) is 0 Å². The monoisotopic (exact) mass is 312 g/mol. The van der Waals surface area contributed by atoms with E-state index in [1.54, 1.807) is 13.0 Å². The van der Waals surface area contributed by atoms with Crippen molar-refractivity contribution in [3.05, 3.63) is 46.0 Å². The molecule has 3 heteroatoms. The quantitative estimate of drug-likeness (QED) is 0.845. The van der Waals surface area contributed by atoms with Crippen molar-refractivity contribution in [1.82, 2.24) is 0 Å². The van der Waals surface area contributed by atoms with Crippen LogP contribution in [0.2, 0.25) is 0 Å². The van der Waals surface area contributed by atoms with E-state index in [0.717, 1.165) is 16.7 Å². The Bertz CT molecular complexity index is 746. The highest BCUT2D eigenvalue weighted by molar-refractivity contribution is 6.38. The first-order valence-electron chi connectivity index (χ1n) is 8.00. The first kappa shape index (κ1) is 17.2. The summed E-state index contributed by atoms with van der Waals surface area (Å²) in [5, 5.41) is 10.1. The molecule has 0 amide bonds. The van der Waals surface area contributed by atoms with Gasteiger partial charge in [0.1, 0.15) is 5.75 Å². The van der Waals surface area contributed by atoms with Gasteiger partial charge in [-0.15, -0.1) is 0 Å². The number of benzene rings is 1. The molecule has 0 aromatic heterocycles. The average Bonchev–Trinajstić information content (AvgIpc) is 2.44. The number of Topliss-reactive ketones (excluding diaryl/α,β-unsaturated/α-hetero) is 1. The topological polar surface area (TPSA) is 54.4 Å². The highest BCUT2D eigenvalue weighted by atomic mass is 16.3. The first-order chi connectivity index (χ1) is 10.6. The van der Waals surface area contributed by atoms with Gasteiger partial charge in [-0.3, -0.25) is 9.59 Å². The van der Waals surface area contributed by atoms with Crippen molar-refractivity contribution >= 4 is 17.1 Å². The summed E-state index contributed by atoms with van der Waals surface area (Å²) >= 11 is 0. The van der Waals surface area contributed by atoms with Gasteiger partial charge in [-0.1, -0.05) is 27.7 Å². The zero-order chi connectivity index (χ0) is 17.5. The van der Waals surface area contributed by atoms with Crippen LogP contribution in [0.3, 0.4) is 0 Å². The van der Waals surface area contributed by atoms with Gasteiger partial charge >= 0.3 is 0 Å². The molecule has 3 nitrogen and oxygen atoms in total. The van der Waals surface area contributed by atoms with Gasteiger partial charge in [-0.2, -0.15) is 0 Å². The zero-order valence-corrected chi connectivity index (χ0v) is 14.7. The second-order valence-electron chi connectivity index (χ2n) is 6.83. The lowest BCUT2D eigenvalue weighted by atomic mass is 9.80. The van der Waals surface area contributed by atoms with Gasteiger partial charge in [-0.25, -0.2) is 0 Å². The van der Waals surface area contributed by atoms with Crippen molar-refractivity contribution in [2.24, 2.45) is 5.92 Å². The maximum absolute atomic E-state index is 12.9. The van der Waals surface area contributed by atoms with Gasteiger partial charge in [0, 0.05) is 16.7 Å². The van der Waals surface area contributed by atoms with Crippen LogP contribution < -0.4 is 0 Å². The minimum absolute atomic E-state index is 0.00320. The van der Waals surface area contributed by atoms with Crippen LogP contribution in [-0.4, -0.2) is 16.7 Å². The third-order valence-electron chi connectivity index (χ3n) is 4.41. The van der Waals surface area contributed by atoms with Crippen molar-refractivity contribution in [2.75, 3.05) is 0 Å². The molecule has 1 aliphatic carbocycles. The van der Waals surface area contributed by atoms with Crippen molar-refractivity contribution < 1.29 is 14.7 Å². The lowest BCUT2D eigenvalue weighted by Gasteiger charge is -2.22. The molecule has 0 bridgehead atoms. The van der Waals surface area contributed by atoms with Gasteiger partial charge in [0.15, 0.2) is 11.6 Å².